The minimum atomic E-state index is -0.231. The number of carbonyl (C=O) groups is 1. The van der Waals surface area contributed by atoms with Gasteiger partial charge in [-0.2, -0.15) is 0 Å². The molecule has 0 aliphatic rings. The molecule has 0 saturated heterocycles. The van der Waals surface area contributed by atoms with Gasteiger partial charge in [0.1, 0.15) is 0 Å². The molecule has 0 fully saturated rings. The van der Waals surface area contributed by atoms with E-state index in [0.29, 0.717) is 11.6 Å². The van der Waals surface area contributed by atoms with Crippen LogP contribution in [0.3, 0.4) is 0 Å². The molecule has 0 unspecified atom stereocenters. The Labute approximate surface area is 80.0 Å². The molecule has 2 aromatic heterocycles. The number of hydrogen-bond acceptors (Lipinski definition) is 3. The van der Waals surface area contributed by atoms with Gasteiger partial charge in [-0.15, -0.1) is 12.4 Å². The molecule has 0 aliphatic carbocycles. The first-order valence-electron chi connectivity index (χ1n) is 3.41. The molecule has 0 aromatic carbocycles. The van der Waals surface area contributed by atoms with E-state index < -0.39 is 0 Å². The zero-order valence-corrected chi connectivity index (χ0v) is 7.34. The van der Waals surface area contributed by atoms with E-state index in [4.69, 9.17) is 0 Å². The predicted octanol–water partition coefficient (Wildman–Crippen LogP) is 0.786. The van der Waals surface area contributed by atoms with E-state index >= 15 is 0 Å². The summed E-state index contributed by atoms with van der Waals surface area (Å²) in [5.41, 5.74) is 0. The number of nitrogens with zero attached hydrogens (tertiary/aromatic N) is 2. The Morgan fingerprint density at radius 1 is 1.08 bits per heavy atom. The number of nitrogens with one attached hydrogen (secondary N) is 2. The van der Waals surface area contributed by atoms with E-state index in [-0.39, 0.29) is 18.2 Å². The van der Waals surface area contributed by atoms with Crippen molar-refractivity contribution in [3.63, 3.8) is 0 Å². The lowest BCUT2D eigenvalue weighted by Crippen LogP contribution is -2.05. The van der Waals surface area contributed by atoms with Crippen LogP contribution in [-0.2, 0) is 0 Å². The first kappa shape index (κ1) is 9.47. The van der Waals surface area contributed by atoms with Crippen molar-refractivity contribution >= 4 is 18.2 Å². The van der Waals surface area contributed by atoms with Crippen LogP contribution < -0.4 is 0 Å². The van der Waals surface area contributed by atoms with Gasteiger partial charge < -0.3 is 9.97 Å². The van der Waals surface area contributed by atoms with Crippen LogP contribution in [0.4, 0.5) is 0 Å². The molecule has 5 nitrogen and oxygen atoms in total. The summed E-state index contributed by atoms with van der Waals surface area (Å²) in [6.45, 7) is 0. The van der Waals surface area contributed by atoms with E-state index in [1.807, 2.05) is 0 Å². The van der Waals surface area contributed by atoms with Crippen molar-refractivity contribution in [2.45, 2.75) is 0 Å². The molecule has 2 aromatic rings. The van der Waals surface area contributed by atoms with Gasteiger partial charge in [0.15, 0.2) is 11.6 Å². The number of carbonyl (C=O) groups excluding carboxylic acids is 1. The lowest BCUT2D eigenvalue weighted by Gasteiger charge is -1.89. The lowest BCUT2D eigenvalue weighted by atomic mass is 10.3. The maximum atomic E-state index is 11.4. The van der Waals surface area contributed by atoms with Gasteiger partial charge in [-0.3, -0.25) is 4.79 Å². The molecule has 0 spiro atoms. The first-order chi connectivity index (χ1) is 5.88. The second-order valence-electron chi connectivity index (χ2n) is 2.20. The van der Waals surface area contributed by atoms with Gasteiger partial charge in [0.25, 0.3) is 5.78 Å². The Morgan fingerprint density at radius 3 is 1.85 bits per heavy atom. The van der Waals surface area contributed by atoms with E-state index in [1.54, 1.807) is 12.4 Å². The highest BCUT2D eigenvalue weighted by molar-refractivity contribution is 6.03. The van der Waals surface area contributed by atoms with Gasteiger partial charge in [0.2, 0.25) is 0 Å². The molecule has 68 valence electrons. The highest BCUT2D eigenvalue weighted by atomic mass is 35.5. The average molecular weight is 199 g/mol. The third kappa shape index (κ3) is 1.75. The maximum absolute atomic E-state index is 11.4. The van der Waals surface area contributed by atoms with Crippen molar-refractivity contribution in [1.82, 2.24) is 19.9 Å². The van der Waals surface area contributed by atoms with Crippen molar-refractivity contribution in [3.05, 3.63) is 36.4 Å². The van der Waals surface area contributed by atoms with E-state index in [0.717, 1.165) is 0 Å². The molecule has 6 heteroatoms. The number of imidazole rings is 2. The average Bonchev–Trinajstić information content (AvgIpc) is 2.77. The van der Waals surface area contributed by atoms with Crippen LogP contribution in [0.15, 0.2) is 24.8 Å². The van der Waals surface area contributed by atoms with Crippen molar-refractivity contribution in [1.29, 1.82) is 0 Å². The summed E-state index contributed by atoms with van der Waals surface area (Å²) >= 11 is 0. The van der Waals surface area contributed by atoms with Crippen LogP contribution in [-0.4, -0.2) is 25.7 Å². The SMILES string of the molecule is Cl.O=C(c1ncc[nH]1)c1ncc[nH]1. The molecule has 13 heavy (non-hydrogen) atoms. The summed E-state index contributed by atoms with van der Waals surface area (Å²) in [4.78, 5) is 24.4. The summed E-state index contributed by atoms with van der Waals surface area (Å²) in [6, 6.07) is 0. The number of aromatic amines is 2. The number of rotatable bonds is 2. The molecular formula is C7H7ClN4O. The number of aromatic nitrogens is 4. The number of H-pyrrole nitrogens is 2. The fraction of sp³-hybridized carbons (Fsp3) is 0. The van der Waals surface area contributed by atoms with Crippen LogP contribution in [0.5, 0.6) is 0 Å². The molecule has 2 N–H and O–H groups in total. The Balaban J connectivity index is 0.000000845. The quantitative estimate of drug-likeness (QED) is 0.701. The van der Waals surface area contributed by atoms with Crippen molar-refractivity contribution < 1.29 is 4.79 Å². The van der Waals surface area contributed by atoms with Crippen molar-refractivity contribution in [2.24, 2.45) is 0 Å². The fourth-order valence-corrected chi connectivity index (χ4v) is 0.891. The molecule has 0 saturated carbocycles. The third-order valence-corrected chi connectivity index (χ3v) is 1.43. The summed E-state index contributed by atoms with van der Waals surface area (Å²) < 4.78 is 0. The summed E-state index contributed by atoms with van der Waals surface area (Å²) in [5.74, 6) is 0.361. The standard InChI is InChI=1S/C7H6N4O.ClH/c12-5(6-8-1-2-9-6)7-10-3-4-11-7;/h1-4H,(H,8,9)(H,10,11);1H. The van der Waals surface area contributed by atoms with Gasteiger partial charge >= 0.3 is 0 Å². The Kier molecular flexibility index (Phi) is 2.81. The maximum Gasteiger partial charge on any atom is 0.263 e. The van der Waals surface area contributed by atoms with E-state index in [9.17, 15) is 4.79 Å². The molecule has 0 radical (unpaired) electrons. The highest BCUT2D eigenvalue weighted by Crippen LogP contribution is 1.98. The Morgan fingerprint density at radius 2 is 1.54 bits per heavy atom. The molecule has 2 rings (SSSR count). The molecule has 0 atom stereocenters. The van der Waals surface area contributed by atoms with Crippen LogP contribution in [0, 0.1) is 0 Å². The zero-order chi connectivity index (χ0) is 8.39. The molecule has 0 bridgehead atoms. The first-order valence-corrected chi connectivity index (χ1v) is 3.41. The van der Waals surface area contributed by atoms with Crippen LogP contribution >= 0.6 is 12.4 Å². The topological polar surface area (TPSA) is 74.4 Å². The minimum absolute atomic E-state index is 0. The second kappa shape index (κ2) is 3.86. The Hall–Kier alpha value is -1.62. The predicted molar refractivity (Wildman–Crippen MR) is 47.9 cm³/mol. The van der Waals surface area contributed by atoms with Gasteiger partial charge in [0, 0.05) is 24.8 Å². The number of hydrogen-bond donors (Lipinski definition) is 2. The van der Waals surface area contributed by atoms with Crippen molar-refractivity contribution in [2.75, 3.05) is 0 Å². The van der Waals surface area contributed by atoms with Gasteiger partial charge in [-0.1, -0.05) is 0 Å². The monoisotopic (exact) mass is 198 g/mol. The van der Waals surface area contributed by atoms with E-state index in [2.05, 4.69) is 19.9 Å². The van der Waals surface area contributed by atoms with E-state index in [1.165, 1.54) is 12.4 Å². The Bertz CT molecular complexity index is 331. The summed E-state index contributed by atoms with van der Waals surface area (Å²) in [5, 5.41) is 0. The molecule has 2 heterocycles. The third-order valence-electron chi connectivity index (χ3n) is 1.43. The summed E-state index contributed by atoms with van der Waals surface area (Å²) in [6.07, 6.45) is 6.23. The highest BCUT2D eigenvalue weighted by Gasteiger charge is 2.12. The van der Waals surface area contributed by atoms with Crippen LogP contribution in [0.25, 0.3) is 0 Å². The minimum Gasteiger partial charge on any atom is -0.342 e. The van der Waals surface area contributed by atoms with Gasteiger partial charge in [0.05, 0.1) is 0 Å². The zero-order valence-electron chi connectivity index (χ0n) is 6.52. The molecule has 0 amide bonds. The molecular weight excluding hydrogens is 192 g/mol. The smallest absolute Gasteiger partial charge is 0.263 e. The van der Waals surface area contributed by atoms with Gasteiger partial charge in [-0.25, -0.2) is 9.97 Å². The fourth-order valence-electron chi connectivity index (χ4n) is 0.891. The van der Waals surface area contributed by atoms with Gasteiger partial charge in [-0.05, 0) is 0 Å². The normalized spacial score (nSPS) is 9.23. The largest absolute Gasteiger partial charge is 0.342 e. The van der Waals surface area contributed by atoms with Crippen LogP contribution in [0.1, 0.15) is 16.4 Å². The van der Waals surface area contributed by atoms with Crippen molar-refractivity contribution in [3.8, 4) is 0 Å². The molecule has 0 aliphatic heterocycles. The number of ketones is 1. The van der Waals surface area contributed by atoms with Crippen LogP contribution in [0.2, 0.25) is 0 Å². The summed E-state index contributed by atoms with van der Waals surface area (Å²) in [7, 11) is 0. The number of halogens is 1. The lowest BCUT2D eigenvalue weighted by molar-refractivity contribution is 0.102. The second-order valence-corrected chi connectivity index (χ2v) is 2.20.